The lowest BCUT2D eigenvalue weighted by molar-refractivity contribution is 0.111. The second kappa shape index (κ2) is 2.39. The highest BCUT2D eigenvalue weighted by Crippen LogP contribution is 2.10. The Morgan fingerprint density at radius 3 is 3.27 bits per heavy atom. The molecular weight excluding hydrogens is 142 g/mol. The zero-order valence-corrected chi connectivity index (χ0v) is 5.87. The van der Waals surface area contributed by atoms with E-state index in [4.69, 9.17) is 0 Å². The normalized spacial score (nSPS) is 14.5. The number of aldehydes is 1. The summed E-state index contributed by atoms with van der Waals surface area (Å²) in [6, 6.07) is 0. The van der Waals surface area contributed by atoms with E-state index in [0.717, 1.165) is 24.3 Å². The van der Waals surface area contributed by atoms with E-state index in [-0.39, 0.29) is 5.82 Å². The van der Waals surface area contributed by atoms with Crippen molar-refractivity contribution in [3.63, 3.8) is 0 Å². The topological polar surface area (TPSA) is 54.9 Å². The third-order valence-electron chi connectivity index (χ3n) is 1.69. The standard InChI is InChI=1S/C7H7N3O/c11-4-7-9-2-5-1-8-3-6(5)10-7/h2,4,8H,1,3H2. The fourth-order valence-corrected chi connectivity index (χ4v) is 1.13. The maximum Gasteiger partial charge on any atom is 0.192 e. The lowest BCUT2D eigenvalue weighted by Crippen LogP contribution is -2.00. The molecule has 0 amide bonds. The van der Waals surface area contributed by atoms with Crippen molar-refractivity contribution < 1.29 is 4.79 Å². The quantitative estimate of drug-likeness (QED) is 0.566. The van der Waals surface area contributed by atoms with E-state index in [1.165, 1.54) is 0 Å². The number of nitrogens with zero attached hydrogens (tertiary/aromatic N) is 2. The average molecular weight is 149 g/mol. The van der Waals surface area contributed by atoms with Gasteiger partial charge >= 0.3 is 0 Å². The van der Waals surface area contributed by atoms with Crippen LogP contribution in [0.5, 0.6) is 0 Å². The summed E-state index contributed by atoms with van der Waals surface area (Å²) < 4.78 is 0. The molecule has 11 heavy (non-hydrogen) atoms. The summed E-state index contributed by atoms with van der Waals surface area (Å²) in [5, 5.41) is 3.12. The van der Waals surface area contributed by atoms with Gasteiger partial charge in [-0.05, 0) is 0 Å². The van der Waals surface area contributed by atoms with Gasteiger partial charge in [-0.15, -0.1) is 0 Å². The molecule has 0 aromatic carbocycles. The second-order valence-electron chi connectivity index (χ2n) is 2.42. The van der Waals surface area contributed by atoms with Crippen LogP contribution in [0.15, 0.2) is 6.20 Å². The van der Waals surface area contributed by atoms with Crippen LogP contribution in [0, 0.1) is 0 Å². The zero-order valence-electron chi connectivity index (χ0n) is 5.87. The van der Waals surface area contributed by atoms with Crippen molar-refractivity contribution in [1.82, 2.24) is 15.3 Å². The number of carbonyl (C=O) groups excluding carboxylic acids is 1. The minimum absolute atomic E-state index is 0.271. The summed E-state index contributed by atoms with van der Waals surface area (Å²) in [4.78, 5) is 18.1. The number of carbonyl (C=O) groups is 1. The lowest BCUT2D eigenvalue weighted by Gasteiger charge is -1.94. The van der Waals surface area contributed by atoms with Gasteiger partial charge in [-0.2, -0.15) is 0 Å². The number of aromatic nitrogens is 2. The smallest absolute Gasteiger partial charge is 0.192 e. The van der Waals surface area contributed by atoms with E-state index < -0.39 is 0 Å². The van der Waals surface area contributed by atoms with Crippen LogP contribution < -0.4 is 5.32 Å². The maximum atomic E-state index is 10.3. The molecule has 0 bridgehead atoms. The molecular formula is C7H7N3O. The molecule has 0 saturated heterocycles. The molecule has 0 aliphatic carbocycles. The second-order valence-corrected chi connectivity index (χ2v) is 2.42. The molecule has 4 heteroatoms. The number of rotatable bonds is 1. The Kier molecular flexibility index (Phi) is 1.40. The highest BCUT2D eigenvalue weighted by Gasteiger charge is 2.11. The third-order valence-corrected chi connectivity index (χ3v) is 1.69. The van der Waals surface area contributed by atoms with Crippen LogP contribution in [0.4, 0.5) is 0 Å². The summed E-state index contributed by atoms with van der Waals surface area (Å²) >= 11 is 0. The molecule has 1 aliphatic heterocycles. The molecule has 0 atom stereocenters. The van der Waals surface area contributed by atoms with Crippen LogP contribution in [-0.2, 0) is 13.1 Å². The van der Waals surface area contributed by atoms with Crippen LogP contribution in [-0.4, -0.2) is 16.3 Å². The number of hydrogen-bond donors (Lipinski definition) is 1. The van der Waals surface area contributed by atoms with Crippen LogP contribution in [0.2, 0.25) is 0 Å². The number of fused-ring (bicyclic) bond motifs is 1. The van der Waals surface area contributed by atoms with Gasteiger partial charge in [0, 0.05) is 24.8 Å². The van der Waals surface area contributed by atoms with Gasteiger partial charge in [0.05, 0.1) is 5.69 Å². The largest absolute Gasteiger partial charge is 0.307 e. The van der Waals surface area contributed by atoms with E-state index in [2.05, 4.69) is 15.3 Å². The van der Waals surface area contributed by atoms with Crippen molar-refractivity contribution in [1.29, 1.82) is 0 Å². The van der Waals surface area contributed by atoms with E-state index in [1.54, 1.807) is 6.20 Å². The van der Waals surface area contributed by atoms with E-state index >= 15 is 0 Å². The first kappa shape index (κ1) is 6.42. The van der Waals surface area contributed by atoms with E-state index in [0.29, 0.717) is 6.29 Å². The van der Waals surface area contributed by atoms with Gasteiger partial charge in [0.2, 0.25) is 0 Å². The Morgan fingerprint density at radius 2 is 2.45 bits per heavy atom. The fraction of sp³-hybridized carbons (Fsp3) is 0.286. The number of hydrogen-bond acceptors (Lipinski definition) is 4. The number of nitrogens with one attached hydrogen (secondary N) is 1. The van der Waals surface area contributed by atoms with Gasteiger partial charge < -0.3 is 5.32 Å². The molecule has 0 unspecified atom stereocenters. The van der Waals surface area contributed by atoms with Gasteiger partial charge in [0.15, 0.2) is 12.1 Å². The van der Waals surface area contributed by atoms with Crippen LogP contribution in [0.25, 0.3) is 0 Å². The molecule has 1 aromatic heterocycles. The van der Waals surface area contributed by atoms with Gasteiger partial charge in [-0.25, -0.2) is 9.97 Å². The Labute approximate surface area is 63.7 Å². The summed E-state index contributed by atoms with van der Waals surface area (Å²) in [5.41, 5.74) is 2.04. The van der Waals surface area contributed by atoms with Crippen molar-refractivity contribution in [3.05, 3.63) is 23.3 Å². The Bertz CT molecular complexity index is 298. The van der Waals surface area contributed by atoms with Crippen molar-refractivity contribution in [2.45, 2.75) is 13.1 Å². The first-order chi connectivity index (χ1) is 5.40. The minimum atomic E-state index is 0.271. The summed E-state index contributed by atoms with van der Waals surface area (Å²) in [7, 11) is 0. The Morgan fingerprint density at radius 1 is 1.55 bits per heavy atom. The first-order valence-corrected chi connectivity index (χ1v) is 3.41. The summed E-state index contributed by atoms with van der Waals surface area (Å²) in [6.07, 6.45) is 2.37. The highest BCUT2D eigenvalue weighted by molar-refractivity contribution is 5.68. The third kappa shape index (κ3) is 1.01. The predicted octanol–water partition coefficient (Wildman–Crippen LogP) is -0.108. The van der Waals surface area contributed by atoms with Crippen LogP contribution in [0.3, 0.4) is 0 Å². The molecule has 4 nitrogen and oxygen atoms in total. The van der Waals surface area contributed by atoms with Crippen molar-refractivity contribution >= 4 is 6.29 Å². The van der Waals surface area contributed by atoms with E-state index in [9.17, 15) is 4.79 Å². The Hall–Kier alpha value is -1.29. The van der Waals surface area contributed by atoms with Crippen LogP contribution >= 0.6 is 0 Å². The molecule has 1 N–H and O–H groups in total. The first-order valence-electron chi connectivity index (χ1n) is 3.41. The minimum Gasteiger partial charge on any atom is -0.307 e. The van der Waals surface area contributed by atoms with Gasteiger partial charge in [0.1, 0.15) is 0 Å². The molecule has 2 rings (SSSR count). The SMILES string of the molecule is O=Cc1ncc2c(n1)CNC2. The molecule has 0 saturated carbocycles. The molecule has 1 aromatic rings. The van der Waals surface area contributed by atoms with Crippen molar-refractivity contribution in [3.8, 4) is 0 Å². The van der Waals surface area contributed by atoms with Crippen LogP contribution in [0.1, 0.15) is 21.9 Å². The van der Waals surface area contributed by atoms with Crippen molar-refractivity contribution in [2.24, 2.45) is 0 Å². The zero-order chi connectivity index (χ0) is 7.68. The molecule has 0 spiro atoms. The lowest BCUT2D eigenvalue weighted by atomic mass is 10.3. The monoisotopic (exact) mass is 149 g/mol. The highest BCUT2D eigenvalue weighted by atomic mass is 16.1. The van der Waals surface area contributed by atoms with Gasteiger partial charge in [-0.1, -0.05) is 0 Å². The van der Waals surface area contributed by atoms with Crippen molar-refractivity contribution in [2.75, 3.05) is 0 Å². The summed E-state index contributed by atoms with van der Waals surface area (Å²) in [5.74, 6) is 0.271. The maximum absolute atomic E-state index is 10.3. The predicted molar refractivity (Wildman–Crippen MR) is 38.0 cm³/mol. The molecule has 2 heterocycles. The molecule has 56 valence electrons. The Balaban J connectivity index is 2.48. The fourth-order valence-electron chi connectivity index (χ4n) is 1.13. The van der Waals surface area contributed by atoms with Gasteiger partial charge in [0.25, 0.3) is 0 Å². The molecule has 0 radical (unpaired) electrons. The molecule has 0 fully saturated rings. The molecule has 1 aliphatic rings. The average Bonchev–Trinajstić information content (AvgIpc) is 2.50. The van der Waals surface area contributed by atoms with E-state index in [1.807, 2.05) is 0 Å². The summed E-state index contributed by atoms with van der Waals surface area (Å²) in [6.45, 7) is 1.56. The van der Waals surface area contributed by atoms with Gasteiger partial charge in [-0.3, -0.25) is 4.79 Å².